The highest BCUT2D eigenvalue weighted by Gasteiger charge is 2.31. The number of hydrogen-bond donors (Lipinski definition) is 1. The topological polar surface area (TPSA) is 50.2 Å². The summed E-state index contributed by atoms with van der Waals surface area (Å²) in [5.74, 6) is 0.0806. The molecule has 1 N–H and O–H groups in total. The Morgan fingerprint density at radius 3 is 2.58 bits per heavy atom. The lowest BCUT2D eigenvalue weighted by atomic mass is 9.74. The van der Waals surface area contributed by atoms with Gasteiger partial charge in [-0.05, 0) is 57.1 Å². The summed E-state index contributed by atoms with van der Waals surface area (Å²) in [5, 5.41) is 9.23. The van der Waals surface area contributed by atoms with E-state index in [2.05, 4.69) is 17.1 Å². The summed E-state index contributed by atoms with van der Waals surface area (Å²) < 4.78 is 0. The minimum atomic E-state index is -0.625. The van der Waals surface area contributed by atoms with Gasteiger partial charge in [0.25, 0.3) is 0 Å². The minimum Gasteiger partial charge on any atom is -0.481 e. The lowest BCUT2D eigenvalue weighted by Gasteiger charge is -2.31. The molecular weight excluding hydrogens is 238 g/mol. The van der Waals surface area contributed by atoms with Crippen LogP contribution in [0.1, 0.15) is 56.3 Å². The van der Waals surface area contributed by atoms with Gasteiger partial charge in [0.05, 0.1) is 5.92 Å². The second kappa shape index (κ2) is 6.18. The standard InChI is InChI=1S/C16H23NO2/c1-3-14(16(18)19)12-7-9-13(10-8-12)15-6-4-5-11(2)17-15/h4-6,12-14H,3,7-10H2,1-2H3,(H,18,19). The van der Waals surface area contributed by atoms with Gasteiger partial charge in [-0.2, -0.15) is 0 Å². The van der Waals surface area contributed by atoms with Crippen molar-refractivity contribution in [2.75, 3.05) is 0 Å². The first-order valence-corrected chi connectivity index (χ1v) is 7.28. The highest BCUT2D eigenvalue weighted by molar-refractivity contribution is 5.70. The molecule has 1 fully saturated rings. The van der Waals surface area contributed by atoms with Crippen LogP contribution in [-0.4, -0.2) is 16.1 Å². The van der Waals surface area contributed by atoms with Gasteiger partial charge in [-0.15, -0.1) is 0 Å². The largest absolute Gasteiger partial charge is 0.481 e. The molecule has 1 atom stereocenters. The van der Waals surface area contributed by atoms with E-state index in [0.29, 0.717) is 11.8 Å². The number of carboxylic acid groups (broad SMARTS) is 1. The summed E-state index contributed by atoms with van der Waals surface area (Å²) >= 11 is 0. The summed E-state index contributed by atoms with van der Waals surface area (Å²) in [5.41, 5.74) is 2.25. The predicted molar refractivity (Wildman–Crippen MR) is 75.1 cm³/mol. The van der Waals surface area contributed by atoms with Crippen LogP contribution in [0.15, 0.2) is 18.2 Å². The van der Waals surface area contributed by atoms with Crippen LogP contribution in [0.2, 0.25) is 0 Å². The molecule has 3 heteroatoms. The Labute approximate surface area is 115 Å². The van der Waals surface area contributed by atoms with Crippen LogP contribution in [-0.2, 0) is 4.79 Å². The van der Waals surface area contributed by atoms with Gasteiger partial charge in [-0.1, -0.05) is 13.0 Å². The van der Waals surface area contributed by atoms with Crippen LogP contribution in [0, 0.1) is 18.8 Å². The molecule has 1 aliphatic carbocycles. The first-order chi connectivity index (χ1) is 9.11. The average Bonchev–Trinajstić information content (AvgIpc) is 2.40. The number of nitrogens with zero attached hydrogens (tertiary/aromatic N) is 1. The van der Waals surface area contributed by atoms with Gasteiger partial charge in [-0.25, -0.2) is 0 Å². The van der Waals surface area contributed by atoms with Crippen LogP contribution in [0.25, 0.3) is 0 Å². The van der Waals surface area contributed by atoms with Crippen molar-refractivity contribution in [3.05, 3.63) is 29.6 Å². The van der Waals surface area contributed by atoms with Crippen LogP contribution in [0.5, 0.6) is 0 Å². The number of aryl methyl sites for hydroxylation is 1. The lowest BCUT2D eigenvalue weighted by Crippen LogP contribution is -2.26. The number of aromatic nitrogens is 1. The van der Waals surface area contributed by atoms with Crippen molar-refractivity contribution in [3.63, 3.8) is 0 Å². The quantitative estimate of drug-likeness (QED) is 0.897. The van der Waals surface area contributed by atoms with E-state index >= 15 is 0 Å². The van der Waals surface area contributed by atoms with Gasteiger partial charge >= 0.3 is 5.97 Å². The molecule has 0 aliphatic heterocycles. The number of carboxylic acids is 1. The van der Waals surface area contributed by atoms with E-state index < -0.39 is 5.97 Å². The lowest BCUT2D eigenvalue weighted by molar-refractivity contribution is -0.144. The monoisotopic (exact) mass is 261 g/mol. The maximum Gasteiger partial charge on any atom is 0.306 e. The molecule has 19 heavy (non-hydrogen) atoms. The van der Waals surface area contributed by atoms with Crippen molar-refractivity contribution in [3.8, 4) is 0 Å². The van der Waals surface area contributed by atoms with Gasteiger partial charge < -0.3 is 5.11 Å². The zero-order chi connectivity index (χ0) is 13.8. The molecule has 1 saturated carbocycles. The maximum absolute atomic E-state index is 11.2. The minimum absolute atomic E-state index is 0.161. The Bertz CT molecular complexity index is 436. The smallest absolute Gasteiger partial charge is 0.306 e. The van der Waals surface area contributed by atoms with Crippen molar-refractivity contribution in [2.45, 2.75) is 51.9 Å². The highest BCUT2D eigenvalue weighted by Crippen LogP contribution is 2.39. The van der Waals surface area contributed by atoms with Gasteiger partial charge in [0.1, 0.15) is 0 Å². The summed E-state index contributed by atoms with van der Waals surface area (Å²) in [6.45, 7) is 4.00. The summed E-state index contributed by atoms with van der Waals surface area (Å²) in [7, 11) is 0. The molecular formula is C16H23NO2. The van der Waals surface area contributed by atoms with Gasteiger partial charge in [0.2, 0.25) is 0 Å². The van der Waals surface area contributed by atoms with Gasteiger partial charge in [-0.3, -0.25) is 9.78 Å². The molecule has 0 bridgehead atoms. The Kier molecular flexibility index (Phi) is 4.56. The Morgan fingerprint density at radius 1 is 1.37 bits per heavy atom. The third-order valence-corrected chi connectivity index (χ3v) is 4.43. The van der Waals surface area contributed by atoms with Crippen LogP contribution < -0.4 is 0 Å². The van der Waals surface area contributed by atoms with Crippen LogP contribution >= 0.6 is 0 Å². The molecule has 1 heterocycles. The van der Waals surface area contributed by atoms with E-state index in [0.717, 1.165) is 37.8 Å². The molecule has 2 rings (SSSR count). The normalized spacial score (nSPS) is 24.9. The molecule has 0 aromatic carbocycles. The van der Waals surface area contributed by atoms with E-state index in [9.17, 15) is 9.90 Å². The van der Waals surface area contributed by atoms with Crippen LogP contribution in [0.3, 0.4) is 0 Å². The Hall–Kier alpha value is -1.38. The Morgan fingerprint density at radius 2 is 2.05 bits per heavy atom. The van der Waals surface area contributed by atoms with Crippen LogP contribution in [0.4, 0.5) is 0 Å². The molecule has 3 nitrogen and oxygen atoms in total. The highest BCUT2D eigenvalue weighted by atomic mass is 16.4. The summed E-state index contributed by atoms with van der Waals surface area (Å²) in [6, 6.07) is 6.19. The molecule has 0 saturated heterocycles. The number of carbonyl (C=O) groups is 1. The number of pyridine rings is 1. The fourth-order valence-electron chi connectivity index (χ4n) is 3.32. The van der Waals surface area contributed by atoms with Gasteiger partial charge in [0.15, 0.2) is 0 Å². The third-order valence-electron chi connectivity index (χ3n) is 4.43. The molecule has 0 spiro atoms. The molecule has 1 aromatic rings. The SMILES string of the molecule is CCC(C(=O)O)C1CCC(c2cccc(C)n2)CC1. The van der Waals surface area contributed by atoms with E-state index in [-0.39, 0.29) is 5.92 Å². The Balaban J connectivity index is 1.97. The molecule has 1 unspecified atom stereocenters. The molecule has 0 amide bonds. The molecule has 1 aromatic heterocycles. The van der Waals surface area contributed by atoms with Crippen molar-refractivity contribution in [2.24, 2.45) is 11.8 Å². The van der Waals surface area contributed by atoms with Crippen molar-refractivity contribution in [1.82, 2.24) is 4.98 Å². The summed E-state index contributed by atoms with van der Waals surface area (Å²) in [4.78, 5) is 15.8. The fraction of sp³-hybridized carbons (Fsp3) is 0.625. The van der Waals surface area contributed by atoms with Gasteiger partial charge in [0, 0.05) is 17.3 Å². The predicted octanol–water partition coefficient (Wildman–Crippen LogP) is 3.77. The van der Waals surface area contributed by atoms with Crippen molar-refractivity contribution in [1.29, 1.82) is 0 Å². The fourth-order valence-corrected chi connectivity index (χ4v) is 3.32. The average molecular weight is 261 g/mol. The van der Waals surface area contributed by atoms with E-state index in [4.69, 9.17) is 0 Å². The first-order valence-electron chi connectivity index (χ1n) is 7.28. The first kappa shape index (κ1) is 14.0. The zero-order valence-corrected chi connectivity index (χ0v) is 11.8. The number of hydrogen-bond acceptors (Lipinski definition) is 2. The van der Waals surface area contributed by atoms with E-state index in [1.165, 1.54) is 5.69 Å². The number of aliphatic carboxylic acids is 1. The zero-order valence-electron chi connectivity index (χ0n) is 11.8. The second-order valence-electron chi connectivity index (χ2n) is 5.67. The summed E-state index contributed by atoms with van der Waals surface area (Å²) in [6.07, 6.45) is 4.93. The molecule has 104 valence electrons. The third kappa shape index (κ3) is 3.34. The van der Waals surface area contributed by atoms with E-state index in [1.807, 2.05) is 19.9 Å². The van der Waals surface area contributed by atoms with Crippen molar-refractivity contribution >= 4 is 5.97 Å². The number of rotatable bonds is 4. The van der Waals surface area contributed by atoms with Crippen molar-refractivity contribution < 1.29 is 9.90 Å². The second-order valence-corrected chi connectivity index (χ2v) is 5.67. The molecule has 1 aliphatic rings. The molecule has 0 radical (unpaired) electrons. The van der Waals surface area contributed by atoms with E-state index in [1.54, 1.807) is 0 Å². The maximum atomic E-state index is 11.2.